The SMILES string of the molecule is CCCn1c(-c2cc(C(F)(F)F)ccc2C(F)(F)F)nc(C(F)(F)F)c(N)c1=O. The molecule has 0 unspecified atom stereocenters. The molecular formula is C16H12F9N3O. The molecule has 1 aromatic heterocycles. The quantitative estimate of drug-likeness (QED) is 0.697. The minimum atomic E-state index is -5.32. The molecule has 0 radical (unpaired) electrons. The van der Waals surface area contributed by atoms with Crippen molar-refractivity contribution < 1.29 is 39.5 Å². The summed E-state index contributed by atoms with van der Waals surface area (Å²) in [6.45, 7) is 1.03. The highest BCUT2D eigenvalue weighted by atomic mass is 19.4. The Kier molecular flexibility index (Phi) is 5.65. The van der Waals surface area contributed by atoms with E-state index in [0.29, 0.717) is 4.57 Å². The van der Waals surface area contributed by atoms with Gasteiger partial charge in [0.05, 0.1) is 11.1 Å². The molecule has 29 heavy (non-hydrogen) atoms. The van der Waals surface area contributed by atoms with E-state index in [1.807, 2.05) is 0 Å². The molecule has 1 aromatic carbocycles. The minimum absolute atomic E-state index is 0.00705. The summed E-state index contributed by atoms with van der Waals surface area (Å²) in [5, 5.41) is 0. The standard InChI is InChI=1S/C16H12F9N3O/c1-2-5-28-12(27-11(16(23,24)25)10(26)13(28)29)8-6-7(14(17,18)19)3-4-9(8)15(20,21)22/h3-4,6H,2,5,26H2,1H3. The highest BCUT2D eigenvalue weighted by Gasteiger charge is 2.41. The number of hydrogen-bond donors (Lipinski definition) is 1. The zero-order valence-corrected chi connectivity index (χ0v) is 14.4. The van der Waals surface area contributed by atoms with Gasteiger partial charge in [-0.2, -0.15) is 39.5 Å². The Morgan fingerprint density at radius 1 is 0.966 bits per heavy atom. The van der Waals surface area contributed by atoms with Gasteiger partial charge in [0.25, 0.3) is 5.56 Å². The minimum Gasteiger partial charge on any atom is -0.392 e. The molecule has 0 bridgehead atoms. The Hall–Kier alpha value is -2.73. The second-order valence-corrected chi connectivity index (χ2v) is 5.91. The first-order valence-corrected chi connectivity index (χ1v) is 7.85. The number of nitrogens with two attached hydrogens (primary N) is 1. The smallest absolute Gasteiger partial charge is 0.392 e. The summed E-state index contributed by atoms with van der Waals surface area (Å²) in [7, 11) is 0. The zero-order chi connectivity index (χ0) is 22.4. The zero-order valence-electron chi connectivity index (χ0n) is 14.4. The first-order valence-electron chi connectivity index (χ1n) is 7.85. The largest absolute Gasteiger partial charge is 0.435 e. The van der Waals surface area contributed by atoms with E-state index in [0.717, 1.165) is 0 Å². The number of benzene rings is 1. The lowest BCUT2D eigenvalue weighted by Gasteiger charge is -2.20. The number of nitrogen functional groups attached to an aromatic ring is 1. The fraction of sp³-hybridized carbons (Fsp3) is 0.375. The second kappa shape index (κ2) is 7.26. The van der Waals surface area contributed by atoms with Crippen molar-refractivity contribution in [2.75, 3.05) is 5.73 Å². The molecule has 0 saturated carbocycles. The van der Waals surface area contributed by atoms with Crippen molar-refractivity contribution in [3.05, 3.63) is 45.4 Å². The van der Waals surface area contributed by atoms with Crippen LogP contribution in [-0.2, 0) is 25.1 Å². The third-order valence-electron chi connectivity index (χ3n) is 3.81. The summed E-state index contributed by atoms with van der Waals surface area (Å²) in [4.78, 5) is 15.3. The monoisotopic (exact) mass is 433 g/mol. The molecule has 0 saturated heterocycles. The Morgan fingerprint density at radius 2 is 1.55 bits per heavy atom. The molecule has 0 atom stereocenters. The van der Waals surface area contributed by atoms with Gasteiger partial charge in [0.15, 0.2) is 5.69 Å². The van der Waals surface area contributed by atoms with Gasteiger partial charge in [-0.25, -0.2) is 4.98 Å². The number of alkyl halides is 9. The number of rotatable bonds is 3. The van der Waals surface area contributed by atoms with Gasteiger partial charge in [-0.1, -0.05) is 6.92 Å². The van der Waals surface area contributed by atoms with E-state index in [9.17, 15) is 44.3 Å². The fourth-order valence-electron chi connectivity index (χ4n) is 2.57. The lowest BCUT2D eigenvalue weighted by molar-refractivity contribution is -0.141. The van der Waals surface area contributed by atoms with Crippen LogP contribution in [0.3, 0.4) is 0 Å². The molecule has 0 fully saturated rings. The Labute approximate surface area is 156 Å². The third-order valence-corrected chi connectivity index (χ3v) is 3.81. The highest BCUT2D eigenvalue weighted by Crippen LogP contribution is 2.41. The normalized spacial score (nSPS) is 13.0. The predicted octanol–water partition coefficient (Wildman–Crippen LogP) is 4.96. The summed E-state index contributed by atoms with van der Waals surface area (Å²) in [5.74, 6) is -1.21. The van der Waals surface area contributed by atoms with E-state index in [1.54, 1.807) is 0 Å². The second-order valence-electron chi connectivity index (χ2n) is 5.91. The van der Waals surface area contributed by atoms with Crippen LogP contribution in [-0.4, -0.2) is 9.55 Å². The first kappa shape index (κ1) is 22.6. The number of aromatic nitrogens is 2. The first-order chi connectivity index (χ1) is 13.1. The van der Waals surface area contributed by atoms with E-state index < -0.39 is 64.5 Å². The van der Waals surface area contributed by atoms with Gasteiger partial charge in [0.1, 0.15) is 11.5 Å². The van der Waals surface area contributed by atoms with Crippen molar-refractivity contribution >= 4 is 5.69 Å². The van der Waals surface area contributed by atoms with Crippen LogP contribution in [0.4, 0.5) is 45.2 Å². The Bertz CT molecular complexity index is 972. The number of hydrogen-bond acceptors (Lipinski definition) is 3. The maximum atomic E-state index is 13.4. The van der Waals surface area contributed by atoms with Crippen LogP contribution in [0.15, 0.2) is 23.0 Å². The van der Waals surface area contributed by atoms with E-state index in [2.05, 4.69) is 4.98 Å². The molecule has 0 aliphatic rings. The molecule has 2 N–H and O–H groups in total. The molecule has 2 rings (SSSR count). The molecule has 0 amide bonds. The van der Waals surface area contributed by atoms with E-state index in [4.69, 9.17) is 5.73 Å². The molecule has 2 aromatic rings. The highest BCUT2D eigenvalue weighted by molar-refractivity contribution is 5.65. The van der Waals surface area contributed by atoms with E-state index in [-0.39, 0.29) is 24.6 Å². The van der Waals surface area contributed by atoms with Crippen LogP contribution >= 0.6 is 0 Å². The van der Waals surface area contributed by atoms with Crippen LogP contribution in [0.2, 0.25) is 0 Å². The van der Waals surface area contributed by atoms with Crippen molar-refractivity contribution in [3.63, 3.8) is 0 Å². The lowest BCUT2D eigenvalue weighted by Crippen LogP contribution is -2.30. The third kappa shape index (κ3) is 4.48. The van der Waals surface area contributed by atoms with Crippen LogP contribution in [0.5, 0.6) is 0 Å². The van der Waals surface area contributed by atoms with Crippen LogP contribution < -0.4 is 11.3 Å². The lowest BCUT2D eigenvalue weighted by atomic mass is 10.0. The maximum Gasteiger partial charge on any atom is 0.435 e. The molecular weight excluding hydrogens is 421 g/mol. The van der Waals surface area contributed by atoms with Crippen molar-refractivity contribution in [1.82, 2.24) is 9.55 Å². The van der Waals surface area contributed by atoms with Crippen molar-refractivity contribution in [2.45, 2.75) is 38.4 Å². The average Bonchev–Trinajstić information content (AvgIpc) is 2.56. The molecule has 0 spiro atoms. The topological polar surface area (TPSA) is 60.9 Å². The number of halogens is 9. The van der Waals surface area contributed by atoms with Gasteiger partial charge >= 0.3 is 18.5 Å². The average molecular weight is 433 g/mol. The Balaban J connectivity index is 3.02. The van der Waals surface area contributed by atoms with Gasteiger partial charge in [-0.3, -0.25) is 9.36 Å². The van der Waals surface area contributed by atoms with Gasteiger partial charge < -0.3 is 5.73 Å². The van der Waals surface area contributed by atoms with Gasteiger partial charge in [-0.15, -0.1) is 0 Å². The summed E-state index contributed by atoms with van der Waals surface area (Å²) >= 11 is 0. The van der Waals surface area contributed by atoms with Crippen LogP contribution in [0.25, 0.3) is 11.4 Å². The maximum absolute atomic E-state index is 13.4. The summed E-state index contributed by atoms with van der Waals surface area (Å²) in [6.07, 6.45) is -15.6. The molecule has 0 aliphatic heterocycles. The van der Waals surface area contributed by atoms with Gasteiger partial charge in [-0.05, 0) is 24.6 Å². The van der Waals surface area contributed by atoms with Crippen molar-refractivity contribution in [2.24, 2.45) is 0 Å². The molecule has 13 heteroatoms. The fourth-order valence-corrected chi connectivity index (χ4v) is 2.57. The summed E-state index contributed by atoms with van der Waals surface area (Å²) in [6, 6.07) is 0.216. The molecule has 0 aliphatic carbocycles. The van der Waals surface area contributed by atoms with Crippen LogP contribution in [0.1, 0.15) is 30.2 Å². The van der Waals surface area contributed by atoms with E-state index >= 15 is 0 Å². The van der Waals surface area contributed by atoms with Crippen molar-refractivity contribution in [3.8, 4) is 11.4 Å². The molecule has 160 valence electrons. The van der Waals surface area contributed by atoms with Gasteiger partial charge in [0.2, 0.25) is 0 Å². The van der Waals surface area contributed by atoms with Gasteiger partial charge in [0, 0.05) is 12.1 Å². The summed E-state index contributed by atoms with van der Waals surface area (Å²) < 4.78 is 119. The van der Waals surface area contributed by atoms with Crippen molar-refractivity contribution in [1.29, 1.82) is 0 Å². The number of nitrogens with zero attached hydrogens (tertiary/aromatic N) is 2. The number of anilines is 1. The van der Waals surface area contributed by atoms with Crippen LogP contribution in [0, 0.1) is 0 Å². The molecule has 4 nitrogen and oxygen atoms in total. The Morgan fingerprint density at radius 3 is 2.00 bits per heavy atom. The van der Waals surface area contributed by atoms with E-state index in [1.165, 1.54) is 6.92 Å². The summed E-state index contributed by atoms with van der Waals surface area (Å²) in [5.41, 5.74) is -4.24. The molecule has 1 heterocycles. The predicted molar refractivity (Wildman–Crippen MR) is 83.6 cm³/mol.